The van der Waals surface area contributed by atoms with Crippen LogP contribution in [0.1, 0.15) is 18.1 Å². The summed E-state index contributed by atoms with van der Waals surface area (Å²) >= 11 is 6.11. The Morgan fingerprint density at radius 2 is 1.79 bits per heavy atom. The monoisotopic (exact) mass is 410 g/mol. The SMILES string of the molecule is CC(F)(F)c1ccncc1CNc1nc(Cl)nc2cccc(-c3ccccc3)c12. The van der Waals surface area contributed by atoms with Gasteiger partial charge in [0, 0.05) is 31.4 Å². The molecular formula is C22H17ClF2N4. The van der Waals surface area contributed by atoms with Crippen molar-refractivity contribution in [3.63, 3.8) is 0 Å². The normalized spacial score (nSPS) is 11.6. The minimum Gasteiger partial charge on any atom is -0.365 e. The summed E-state index contributed by atoms with van der Waals surface area (Å²) in [6, 6.07) is 16.9. The molecule has 2 aromatic carbocycles. The third kappa shape index (κ3) is 4.03. The van der Waals surface area contributed by atoms with E-state index in [1.807, 2.05) is 48.5 Å². The molecule has 7 heteroatoms. The molecule has 0 amide bonds. The van der Waals surface area contributed by atoms with Crippen LogP contribution in [-0.4, -0.2) is 15.0 Å². The van der Waals surface area contributed by atoms with Gasteiger partial charge in [0.15, 0.2) is 0 Å². The van der Waals surface area contributed by atoms with Crippen LogP contribution in [0.4, 0.5) is 14.6 Å². The van der Waals surface area contributed by atoms with Crippen LogP contribution in [0.5, 0.6) is 0 Å². The molecule has 0 spiro atoms. The van der Waals surface area contributed by atoms with E-state index in [-0.39, 0.29) is 17.4 Å². The Bertz CT molecular complexity index is 1160. The van der Waals surface area contributed by atoms with E-state index in [0.717, 1.165) is 23.4 Å². The molecule has 0 unspecified atom stereocenters. The zero-order chi connectivity index (χ0) is 20.4. The van der Waals surface area contributed by atoms with Crippen LogP contribution >= 0.6 is 11.6 Å². The molecule has 1 N–H and O–H groups in total. The van der Waals surface area contributed by atoms with Crippen molar-refractivity contribution in [1.29, 1.82) is 0 Å². The van der Waals surface area contributed by atoms with E-state index in [1.54, 1.807) is 0 Å². The number of nitrogens with zero attached hydrogens (tertiary/aromatic N) is 3. The van der Waals surface area contributed by atoms with Crippen molar-refractivity contribution in [1.82, 2.24) is 15.0 Å². The minimum absolute atomic E-state index is 0.0762. The molecule has 0 bridgehead atoms. The number of aromatic nitrogens is 3. The number of rotatable bonds is 5. The fourth-order valence-electron chi connectivity index (χ4n) is 3.32. The largest absolute Gasteiger partial charge is 0.365 e. The van der Waals surface area contributed by atoms with Gasteiger partial charge in [-0.05, 0) is 40.4 Å². The van der Waals surface area contributed by atoms with Crippen molar-refractivity contribution < 1.29 is 8.78 Å². The summed E-state index contributed by atoms with van der Waals surface area (Å²) in [5.74, 6) is -2.49. The molecule has 0 aliphatic carbocycles. The van der Waals surface area contributed by atoms with Gasteiger partial charge in [0.2, 0.25) is 5.28 Å². The van der Waals surface area contributed by atoms with Gasteiger partial charge in [0.25, 0.3) is 5.92 Å². The first-order chi connectivity index (χ1) is 13.9. The van der Waals surface area contributed by atoms with Crippen LogP contribution in [0, 0.1) is 0 Å². The summed E-state index contributed by atoms with van der Waals surface area (Å²) in [5.41, 5.74) is 2.90. The van der Waals surface area contributed by atoms with Crippen molar-refractivity contribution in [3.8, 4) is 11.1 Å². The number of fused-ring (bicyclic) bond motifs is 1. The van der Waals surface area contributed by atoms with Crippen molar-refractivity contribution in [2.24, 2.45) is 0 Å². The van der Waals surface area contributed by atoms with Gasteiger partial charge in [-0.3, -0.25) is 4.98 Å². The standard InChI is InChI=1S/C22H17ClF2N4/c1-22(24,25)17-10-11-26-12-15(17)13-27-20-19-16(14-6-3-2-4-7-14)8-5-9-18(19)28-21(23)29-20/h2-12H,13H2,1H3,(H,27,28,29). The molecule has 0 fully saturated rings. The highest BCUT2D eigenvalue weighted by molar-refractivity contribution is 6.29. The van der Waals surface area contributed by atoms with Crippen LogP contribution in [0.25, 0.3) is 22.0 Å². The lowest BCUT2D eigenvalue weighted by atomic mass is 10.0. The molecule has 0 aliphatic rings. The topological polar surface area (TPSA) is 50.7 Å². The molecule has 0 saturated carbocycles. The van der Waals surface area contributed by atoms with Crippen molar-refractivity contribution >= 4 is 28.3 Å². The van der Waals surface area contributed by atoms with E-state index in [1.165, 1.54) is 18.5 Å². The highest BCUT2D eigenvalue weighted by atomic mass is 35.5. The molecule has 0 aliphatic heterocycles. The van der Waals surface area contributed by atoms with Crippen LogP contribution < -0.4 is 5.32 Å². The third-order valence-electron chi connectivity index (χ3n) is 4.60. The zero-order valence-corrected chi connectivity index (χ0v) is 16.3. The first kappa shape index (κ1) is 19.2. The number of alkyl halides is 2. The first-order valence-electron chi connectivity index (χ1n) is 9.00. The Morgan fingerprint density at radius 1 is 1.00 bits per heavy atom. The summed E-state index contributed by atoms with van der Waals surface area (Å²) in [4.78, 5) is 12.6. The average Bonchev–Trinajstić information content (AvgIpc) is 2.71. The van der Waals surface area contributed by atoms with Gasteiger partial charge in [-0.15, -0.1) is 0 Å². The second-order valence-electron chi connectivity index (χ2n) is 6.68. The van der Waals surface area contributed by atoms with E-state index in [9.17, 15) is 8.78 Å². The number of hydrogen-bond acceptors (Lipinski definition) is 4. The second-order valence-corrected chi connectivity index (χ2v) is 7.02. The molecule has 2 aromatic heterocycles. The Labute approximate surface area is 171 Å². The fourth-order valence-corrected chi connectivity index (χ4v) is 3.49. The number of benzene rings is 2. The highest BCUT2D eigenvalue weighted by Gasteiger charge is 2.27. The lowest BCUT2D eigenvalue weighted by Crippen LogP contribution is -2.14. The van der Waals surface area contributed by atoms with Gasteiger partial charge in [0.1, 0.15) is 5.82 Å². The maximum Gasteiger partial charge on any atom is 0.270 e. The molecule has 29 heavy (non-hydrogen) atoms. The number of anilines is 1. The van der Waals surface area contributed by atoms with Crippen molar-refractivity contribution in [2.45, 2.75) is 19.4 Å². The first-order valence-corrected chi connectivity index (χ1v) is 9.38. The van der Waals surface area contributed by atoms with E-state index >= 15 is 0 Å². The van der Waals surface area contributed by atoms with Gasteiger partial charge < -0.3 is 5.32 Å². The molecule has 2 heterocycles. The van der Waals surface area contributed by atoms with Gasteiger partial charge in [0.05, 0.1) is 10.9 Å². The Balaban J connectivity index is 1.79. The van der Waals surface area contributed by atoms with E-state index in [0.29, 0.717) is 16.9 Å². The molecular weight excluding hydrogens is 394 g/mol. The number of pyridine rings is 1. The maximum absolute atomic E-state index is 13.9. The maximum atomic E-state index is 13.9. The van der Waals surface area contributed by atoms with Gasteiger partial charge in [-0.1, -0.05) is 42.5 Å². The predicted molar refractivity (Wildman–Crippen MR) is 111 cm³/mol. The van der Waals surface area contributed by atoms with Crippen LogP contribution in [0.15, 0.2) is 67.0 Å². The van der Waals surface area contributed by atoms with E-state index < -0.39 is 5.92 Å². The Hall–Kier alpha value is -3.12. The smallest absolute Gasteiger partial charge is 0.270 e. The van der Waals surface area contributed by atoms with Crippen LogP contribution in [0.2, 0.25) is 5.28 Å². The summed E-state index contributed by atoms with van der Waals surface area (Å²) in [5, 5.41) is 4.01. The molecule has 4 nitrogen and oxygen atoms in total. The van der Waals surface area contributed by atoms with Gasteiger partial charge >= 0.3 is 0 Å². The molecule has 0 radical (unpaired) electrons. The summed E-state index contributed by atoms with van der Waals surface area (Å²) in [6.45, 7) is 0.995. The lowest BCUT2D eigenvalue weighted by Gasteiger charge is -2.17. The highest BCUT2D eigenvalue weighted by Crippen LogP contribution is 2.34. The van der Waals surface area contributed by atoms with Crippen molar-refractivity contribution in [3.05, 3.63) is 83.4 Å². The predicted octanol–water partition coefficient (Wildman–Crippen LogP) is 6.07. The summed E-state index contributed by atoms with van der Waals surface area (Å²) in [6.07, 6.45) is 2.80. The molecule has 4 aromatic rings. The summed E-state index contributed by atoms with van der Waals surface area (Å²) in [7, 11) is 0. The van der Waals surface area contributed by atoms with Crippen LogP contribution in [0.3, 0.4) is 0 Å². The lowest BCUT2D eigenvalue weighted by molar-refractivity contribution is 0.0165. The Kier molecular flexibility index (Phi) is 5.11. The van der Waals surface area contributed by atoms with E-state index in [2.05, 4.69) is 20.3 Å². The van der Waals surface area contributed by atoms with E-state index in [4.69, 9.17) is 11.6 Å². The Morgan fingerprint density at radius 3 is 2.55 bits per heavy atom. The number of halogens is 3. The quantitative estimate of drug-likeness (QED) is 0.406. The third-order valence-corrected chi connectivity index (χ3v) is 4.77. The molecule has 0 saturated heterocycles. The minimum atomic E-state index is -2.97. The van der Waals surface area contributed by atoms with Gasteiger partial charge in [-0.25, -0.2) is 18.7 Å². The fraction of sp³-hybridized carbons (Fsp3) is 0.136. The molecule has 4 rings (SSSR count). The summed E-state index contributed by atoms with van der Waals surface area (Å²) < 4.78 is 27.9. The average molecular weight is 411 g/mol. The molecule has 146 valence electrons. The zero-order valence-electron chi connectivity index (χ0n) is 15.5. The number of nitrogens with one attached hydrogen (secondary N) is 1. The van der Waals surface area contributed by atoms with Gasteiger partial charge in [-0.2, -0.15) is 0 Å². The second kappa shape index (κ2) is 7.72. The van der Waals surface area contributed by atoms with Crippen LogP contribution in [-0.2, 0) is 12.5 Å². The molecule has 0 atom stereocenters. The van der Waals surface area contributed by atoms with Crippen molar-refractivity contribution in [2.75, 3.05) is 5.32 Å². The number of hydrogen-bond donors (Lipinski definition) is 1.